The maximum absolute atomic E-state index is 12.0. The molecule has 0 fully saturated rings. The Hall–Kier alpha value is -1.26. The molecule has 5 nitrogen and oxygen atoms in total. The molecule has 0 aliphatic rings. The smallest absolute Gasteiger partial charge is 0.317 e. The van der Waals surface area contributed by atoms with Crippen molar-refractivity contribution in [3.63, 3.8) is 0 Å². The van der Waals surface area contributed by atoms with Crippen molar-refractivity contribution in [2.75, 3.05) is 13.6 Å². The van der Waals surface area contributed by atoms with Gasteiger partial charge in [0.1, 0.15) is 0 Å². The molecule has 0 rings (SSSR count). The Balaban J connectivity index is 4.19. The molecule has 0 spiro atoms. The van der Waals surface area contributed by atoms with Gasteiger partial charge in [0.25, 0.3) is 0 Å². The fourth-order valence-corrected chi connectivity index (χ4v) is 2.24. The lowest BCUT2D eigenvalue weighted by Crippen LogP contribution is -2.45. The number of carbonyl (C=O) groups is 2. The van der Waals surface area contributed by atoms with Crippen molar-refractivity contribution in [1.29, 1.82) is 0 Å². The Bertz CT molecular complexity index is 329. The van der Waals surface area contributed by atoms with E-state index in [0.29, 0.717) is 30.7 Å². The van der Waals surface area contributed by atoms with Gasteiger partial charge in [-0.2, -0.15) is 0 Å². The summed E-state index contributed by atoms with van der Waals surface area (Å²) in [5.74, 6) is 0.415. The van der Waals surface area contributed by atoms with Crippen molar-refractivity contribution in [3.8, 4) is 0 Å². The molecule has 0 aliphatic carbocycles. The topological polar surface area (TPSA) is 69.6 Å². The summed E-state index contributed by atoms with van der Waals surface area (Å²) in [6.07, 6.45) is 1.68. The number of carboxylic acids is 1. The molecule has 0 saturated carbocycles. The maximum atomic E-state index is 12.0. The Morgan fingerprint density at radius 2 is 1.62 bits per heavy atom. The number of nitrogens with one attached hydrogen (secondary N) is 1. The minimum atomic E-state index is -0.754. The van der Waals surface area contributed by atoms with Crippen molar-refractivity contribution in [2.24, 2.45) is 17.8 Å². The summed E-state index contributed by atoms with van der Waals surface area (Å²) in [6, 6.07) is 0.134. The predicted octanol–water partition coefficient (Wildman–Crippen LogP) is 3.20. The molecule has 2 N–H and O–H groups in total. The van der Waals surface area contributed by atoms with E-state index in [4.69, 9.17) is 5.11 Å². The van der Waals surface area contributed by atoms with E-state index >= 15 is 0 Å². The third-order valence-corrected chi connectivity index (χ3v) is 4.36. The number of urea groups is 1. The van der Waals surface area contributed by atoms with Crippen molar-refractivity contribution >= 4 is 12.0 Å². The lowest BCUT2D eigenvalue weighted by molar-refractivity contribution is -0.137. The fourth-order valence-electron chi connectivity index (χ4n) is 2.24. The van der Waals surface area contributed by atoms with E-state index in [9.17, 15) is 9.59 Å². The zero-order valence-corrected chi connectivity index (χ0v) is 14.3. The van der Waals surface area contributed by atoms with Crippen molar-refractivity contribution in [2.45, 2.75) is 59.9 Å². The van der Waals surface area contributed by atoms with E-state index in [1.807, 2.05) is 14.0 Å². The molecule has 124 valence electrons. The van der Waals surface area contributed by atoms with E-state index < -0.39 is 5.97 Å². The van der Waals surface area contributed by atoms with Crippen molar-refractivity contribution in [3.05, 3.63) is 0 Å². The molecular formula is C16H32N2O3. The van der Waals surface area contributed by atoms with E-state index in [0.717, 1.165) is 6.42 Å². The zero-order chi connectivity index (χ0) is 16.6. The lowest BCUT2D eigenvalue weighted by atomic mass is 9.88. The molecule has 0 aromatic carbocycles. The molecule has 2 amide bonds. The van der Waals surface area contributed by atoms with Gasteiger partial charge in [0.15, 0.2) is 0 Å². The number of aliphatic carboxylic acids is 1. The number of amides is 2. The molecule has 2 unspecified atom stereocenters. The van der Waals surface area contributed by atoms with E-state index in [-0.39, 0.29) is 18.5 Å². The summed E-state index contributed by atoms with van der Waals surface area (Å²) >= 11 is 0. The monoisotopic (exact) mass is 300 g/mol. The second kappa shape index (κ2) is 9.64. The summed E-state index contributed by atoms with van der Waals surface area (Å²) in [7, 11) is 1.81. The highest BCUT2D eigenvalue weighted by molar-refractivity contribution is 5.74. The van der Waals surface area contributed by atoms with E-state index in [1.54, 1.807) is 4.90 Å². The molecule has 0 radical (unpaired) electrons. The van der Waals surface area contributed by atoms with Crippen LogP contribution < -0.4 is 5.32 Å². The standard InChI is InChI=1S/C16H32N2O3/c1-11(2)13(5)18(6)16(21)17-10-9-14(12(3)4)7-8-15(19)20/h11-14H,7-10H2,1-6H3,(H,17,21)(H,19,20). The summed E-state index contributed by atoms with van der Waals surface area (Å²) < 4.78 is 0. The van der Waals surface area contributed by atoms with Crippen LogP contribution in [0, 0.1) is 17.8 Å². The van der Waals surface area contributed by atoms with Crippen LogP contribution in [0.25, 0.3) is 0 Å². The highest BCUT2D eigenvalue weighted by atomic mass is 16.4. The molecule has 0 aromatic rings. The van der Waals surface area contributed by atoms with Gasteiger partial charge >= 0.3 is 12.0 Å². The number of hydrogen-bond donors (Lipinski definition) is 2. The van der Waals surface area contributed by atoms with Crippen LogP contribution in [-0.4, -0.2) is 41.6 Å². The lowest BCUT2D eigenvalue weighted by Gasteiger charge is -2.28. The molecule has 0 aromatic heterocycles. The molecule has 2 atom stereocenters. The van der Waals surface area contributed by atoms with Crippen LogP contribution >= 0.6 is 0 Å². The average molecular weight is 300 g/mol. The van der Waals surface area contributed by atoms with Gasteiger partial charge in [0, 0.05) is 26.1 Å². The van der Waals surface area contributed by atoms with Crippen LogP contribution in [0.2, 0.25) is 0 Å². The molecule has 0 heterocycles. The summed E-state index contributed by atoms with van der Waals surface area (Å²) in [6.45, 7) is 11.0. The number of hydrogen-bond acceptors (Lipinski definition) is 2. The molecular weight excluding hydrogens is 268 g/mol. The Kier molecular flexibility index (Phi) is 9.06. The second-order valence-electron chi connectivity index (χ2n) is 6.55. The van der Waals surface area contributed by atoms with E-state index in [1.165, 1.54) is 0 Å². The van der Waals surface area contributed by atoms with Crippen molar-refractivity contribution in [1.82, 2.24) is 10.2 Å². The third-order valence-electron chi connectivity index (χ3n) is 4.36. The van der Waals surface area contributed by atoms with Crippen LogP contribution in [0.5, 0.6) is 0 Å². The van der Waals surface area contributed by atoms with E-state index in [2.05, 4.69) is 33.0 Å². The number of rotatable bonds is 9. The van der Waals surface area contributed by atoms with Gasteiger partial charge in [-0.25, -0.2) is 4.79 Å². The summed E-state index contributed by atoms with van der Waals surface area (Å²) in [5.41, 5.74) is 0. The van der Waals surface area contributed by atoms with Gasteiger partial charge in [-0.3, -0.25) is 4.79 Å². The van der Waals surface area contributed by atoms with Gasteiger partial charge in [-0.15, -0.1) is 0 Å². The van der Waals surface area contributed by atoms with Gasteiger partial charge in [0.05, 0.1) is 0 Å². The first-order chi connectivity index (χ1) is 9.66. The van der Waals surface area contributed by atoms with Crippen LogP contribution in [0.3, 0.4) is 0 Å². The minimum absolute atomic E-state index is 0.0584. The number of carboxylic acid groups (broad SMARTS) is 1. The van der Waals surface area contributed by atoms with Gasteiger partial charge in [-0.1, -0.05) is 27.7 Å². The summed E-state index contributed by atoms with van der Waals surface area (Å²) in [4.78, 5) is 24.4. The number of nitrogens with zero attached hydrogens (tertiary/aromatic N) is 1. The first-order valence-corrected chi connectivity index (χ1v) is 7.89. The van der Waals surface area contributed by atoms with Crippen LogP contribution in [-0.2, 0) is 4.79 Å². The van der Waals surface area contributed by atoms with Crippen LogP contribution in [0.1, 0.15) is 53.9 Å². The van der Waals surface area contributed by atoms with Gasteiger partial charge in [-0.05, 0) is 37.5 Å². The fraction of sp³-hybridized carbons (Fsp3) is 0.875. The van der Waals surface area contributed by atoms with Gasteiger partial charge in [0.2, 0.25) is 0 Å². The largest absolute Gasteiger partial charge is 0.481 e. The molecule has 21 heavy (non-hydrogen) atoms. The molecule has 0 aliphatic heterocycles. The van der Waals surface area contributed by atoms with Crippen LogP contribution in [0.15, 0.2) is 0 Å². The molecule has 5 heteroatoms. The Morgan fingerprint density at radius 3 is 2.05 bits per heavy atom. The Morgan fingerprint density at radius 1 is 1.05 bits per heavy atom. The molecule has 0 saturated heterocycles. The SMILES string of the molecule is CC(C)C(CCNC(=O)N(C)C(C)C(C)C)CCC(=O)O. The number of carbonyl (C=O) groups excluding carboxylic acids is 1. The molecule has 0 bridgehead atoms. The highest BCUT2D eigenvalue weighted by Crippen LogP contribution is 2.20. The normalized spacial score (nSPS) is 14.1. The average Bonchev–Trinajstić information content (AvgIpc) is 2.39. The first kappa shape index (κ1) is 19.7. The van der Waals surface area contributed by atoms with Crippen LogP contribution in [0.4, 0.5) is 4.79 Å². The zero-order valence-electron chi connectivity index (χ0n) is 14.3. The Labute approximate surface area is 129 Å². The van der Waals surface area contributed by atoms with Crippen molar-refractivity contribution < 1.29 is 14.7 Å². The quantitative estimate of drug-likeness (QED) is 0.687. The second-order valence-corrected chi connectivity index (χ2v) is 6.55. The maximum Gasteiger partial charge on any atom is 0.317 e. The predicted molar refractivity (Wildman–Crippen MR) is 85.3 cm³/mol. The first-order valence-electron chi connectivity index (χ1n) is 7.89. The van der Waals surface area contributed by atoms with Gasteiger partial charge < -0.3 is 15.3 Å². The third kappa shape index (κ3) is 7.93. The minimum Gasteiger partial charge on any atom is -0.481 e. The summed E-state index contributed by atoms with van der Waals surface area (Å²) in [5, 5.41) is 11.7. The highest BCUT2D eigenvalue weighted by Gasteiger charge is 2.19.